The molecule has 1 aliphatic rings. The second kappa shape index (κ2) is 5.42. The standard InChI is InChI=1S/C12H14BrNO2S/c13-10-5-7(11(14)12(15)16)1-2-9(10)8-3-4-17-6-8/h1-2,5,8,11H,3-4,6,14H2,(H,15,16). The summed E-state index contributed by atoms with van der Waals surface area (Å²) in [6.45, 7) is 0. The van der Waals surface area contributed by atoms with Crippen LogP contribution in [-0.4, -0.2) is 22.6 Å². The second-order valence-electron chi connectivity index (χ2n) is 4.16. The first-order valence-electron chi connectivity index (χ1n) is 5.45. The molecule has 0 amide bonds. The Kier molecular flexibility index (Phi) is 4.12. The number of carboxylic acids is 1. The number of aliphatic carboxylic acids is 1. The lowest BCUT2D eigenvalue weighted by Gasteiger charge is -2.14. The number of hydrogen-bond donors (Lipinski definition) is 2. The number of halogens is 1. The van der Waals surface area contributed by atoms with Crippen molar-refractivity contribution in [2.24, 2.45) is 5.73 Å². The van der Waals surface area contributed by atoms with Crippen LogP contribution in [-0.2, 0) is 4.79 Å². The number of carbonyl (C=O) groups is 1. The molecular weight excluding hydrogens is 302 g/mol. The summed E-state index contributed by atoms with van der Waals surface area (Å²) >= 11 is 5.48. The van der Waals surface area contributed by atoms with Gasteiger partial charge in [0.25, 0.3) is 0 Å². The van der Waals surface area contributed by atoms with Crippen molar-refractivity contribution in [1.29, 1.82) is 0 Å². The number of benzene rings is 1. The quantitative estimate of drug-likeness (QED) is 0.900. The van der Waals surface area contributed by atoms with Gasteiger partial charge in [-0.2, -0.15) is 11.8 Å². The van der Waals surface area contributed by atoms with Crippen molar-refractivity contribution in [3.63, 3.8) is 0 Å². The van der Waals surface area contributed by atoms with Crippen molar-refractivity contribution in [2.75, 3.05) is 11.5 Å². The lowest BCUT2D eigenvalue weighted by molar-refractivity contribution is -0.138. The largest absolute Gasteiger partial charge is 0.480 e. The lowest BCUT2D eigenvalue weighted by Crippen LogP contribution is -2.20. The third kappa shape index (κ3) is 2.84. The van der Waals surface area contributed by atoms with Crippen LogP contribution in [0.5, 0.6) is 0 Å². The van der Waals surface area contributed by atoms with Crippen LogP contribution in [0.4, 0.5) is 0 Å². The summed E-state index contributed by atoms with van der Waals surface area (Å²) in [6, 6.07) is 4.70. The monoisotopic (exact) mass is 315 g/mol. The van der Waals surface area contributed by atoms with Gasteiger partial charge in [-0.25, -0.2) is 0 Å². The molecule has 1 aliphatic heterocycles. The van der Waals surface area contributed by atoms with Crippen molar-refractivity contribution < 1.29 is 9.90 Å². The van der Waals surface area contributed by atoms with Gasteiger partial charge in [0, 0.05) is 10.2 Å². The maximum Gasteiger partial charge on any atom is 0.325 e. The summed E-state index contributed by atoms with van der Waals surface area (Å²) in [5, 5.41) is 8.86. The average molecular weight is 316 g/mol. The van der Waals surface area contributed by atoms with E-state index in [2.05, 4.69) is 15.9 Å². The molecule has 1 aromatic carbocycles. The summed E-state index contributed by atoms with van der Waals surface area (Å²) in [5.74, 6) is 1.92. The van der Waals surface area contributed by atoms with Gasteiger partial charge >= 0.3 is 5.97 Å². The summed E-state index contributed by atoms with van der Waals surface area (Å²) in [7, 11) is 0. The molecular formula is C12H14BrNO2S. The van der Waals surface area contributed by atoms with Gasteiger partial charge in [-0.1, -0.05) is 28.1 Å². The van der Waals surface area contributed by atoms with E-state index in [1.165, 1.54) is 17.7 Å². The number of hydrogen-bond acceptors (Lipinski definition) is 3. The van der Waals surface area contributed by atoms with Crippen molar-refractivity contribution in [3.8, 4) is 0 Å². The summed E-state index contributed by atoms with van der Waals surface area (Å²) in [5.41, 5.74) is 7.48. The van der Waals surface area contributed by atoms with Crippen LogP contribution in [0.1, 0.15) is 29.5 Å². The van der Waals surface area contributed by atoms with Crippen LogP contribution in [0.2, 0.25) is 0 Å². The van der Waals surface area contributed by atoms with Crippen LogP contribution in [0.25, 0.3) is 0 Å². The molecule has 1 fully saturated rings. The highest BCUT2D eigenvalue weighted by atomic mass is 79.9. The minimum atomic E-state index is -0.999. The first kappa shape index (κ1) is 12.9. The second-order valence-corrected chi connectivity index (χ2v) is 6.16. The molecule has 1 saturated heterocycles. The number of thioether (sulfide) groups is 1. The van der Waals surface area contributed by atoms with E-state index in [-0.39, 0.29) is 0 Å². The molecule has 0 radical (unpaired) electrons. The zero-order valence-electron chi connectivity index (χ0n) is 9.23. The number of nitrogens with two attached hydrogens (primary N) is 1. The highest BCUT2D eigenvalue weighted by Gasteiger charge is 2.21. The molecule has 5 heteroatoms. The fraction of sp³-hybridized carbons (Fsp3) is 0.417. The van der Waals surface area contributed by atoms with Gasteiger partial charge in [0.15, 0.2) is 0 Å². The fourth-order valence-corrected chi connectivity index (χ4v) is 3.96. The van der Waals surface area contributed by atoms with Gasteiger partial charge in [0.2, 0.25) is 0 Å². The maximum atomic E-state index is 10.8. The van der Waals surface area contributed by atoms with Crippen molar-refractivity contribution in [2.45, 2.75) is 18.4 Å². The molecule has 0 spiro atoms. The Morgan fingerprint density at radius 1 is 1.59 bits per heavy atom. The van der Waals surface area contributed by atoms with E-state index in [4.69, 9.17) is 10.8 Å². The van der Waals surface area contributed by atoms with E-state index < -0.39 is 12.0 Å². The molecule has 0 saturated carbocycles. The predicted molar refractivity (Wildman–Crippen MR) is 73.4 cm³/mol. The van der Waals surface area contributed by atoms with E-state index >= 15 is 0 Å². The first-order chi connectivity index (χ1) is 8.09. The number of rotatable bonds is 3. The molecule has 0 aliphatic carbocycles. The van der Waals surface area contributed by atoms with E-state index in [1.54, 1.807) is 0 Å². The molecule has 1 heterocycles. The Labute approximate surface area is 113 Å². The Bertz CT molecular complexity index is 433. The minimum Gasteiger partial charge on any atom is -0.480 e. The first-order valence-corrected chi connectivity index (χ1v) is 7.40. The Balaban J connectivity index is 2.25. The van der Waals surface area contributed by atoms with E-state index in [0.29, 0.717) is 11.5 Å². The number of carboxylic acid groups (broad SMARTS) is 1. The molecule has 2 unspecified atom stereocenters. The highest BCUT2D eigenvalue weighted by Crippen LogP contribution is 2.36. The molecule has 17 heavy (non-hydrogen) atoms. The highest BCUT2D eigenvalue weighted by molar-refractivity contribution is 9.10. The van der Waals surface area contributed by atoms with Crippen LogP contribution >= 0.6 is 27.7 Å². The zero-order chi connectivity index (χ0) is 12.4. The summed E-state index contributed by atoms with van der Waals surface area (Å²) in [4.78, 5) is 10.8. The average Bonchev–Trinajstić information content (AvgIpc) is 2.81. The Hall–Kier alpha value is -0.520. The van der Waals surface area contributed by atoms with E-state index in [9.17, 15) is 4.79 Å². The SMILES string of the molecule is NC(C(=O)O)c1ccc(C2CCSC2)c(Br)c1. The van der Waals surface area contributed by atoms with Crippen molar-refractivity contribution >= 4 is 33.7 Å². The molecule has 92 valence electrons. The van der Waals surface area contributed by atoms with Crippen LogP contribution in [0.15, 0.2) is 22.7 Å². The molecule has 2 atom stereocenters. The third-order valence-electron chi connectivity index (χ3n) is 3.02. The normalized spacial score (nSPS) is 21.4. The molecule has 2 rings (SSSR count). The minimum absolute atomic E-state index is 0.574. The predicted octanol–water partition coefficient (Wildman–Crippen LogP) is 2.75. The molecule has 0 aromatic heterocycles. The van der Waals surface area contributed by atoms with Crippen molar-refractivity contribution in [1.82, 2.24) is 0 Å². The Morgan fingerprint density at radius 3 is 2.88 bits per heavy atom. The van der Waals surface area contributed by atoms with Gasteiger partial charge in [-0.3, -0.25) is 4.79 Å². The van der Waals surface area contributed by atoms with Gasteiger partial charge in [0.1, 0.15) is 6.04 Å². The van der Waals surface area contributed by atoms with Gasteiger partial charge in [0.05, 0.1) is 0 Å². The fourth-order valence-electron chi connectivity index (χ4n) is 1.99. The smallest absolute Gasteiger partial charge is 0.325 e. The summed E-state index contributed by atoms with van der Waals surface area (Å²) in [6.07, 6.45) is 1.19. The maximum absolute atomic E-state index is 10.8. The van der Waals surface area contributed by atoms with Gasteiger partial charge in [-0.15, -0.1) is 0 Å². The Morgan fingerprint density at radius 2 is 2.35 bits per heavy atom. The van der Waals surface area contributed by atoms with Gasteiger partial charge in [-0.05, 0) is 35.3 Å². The third-order valence-corrected chi connectivity index (χ3v) is 4.87. The molecule has 3 N–H and O–H groups in total. The zero-order valence-corrected chi connectivity index (χ0v) is 11.6. The van der Waals surface area contributed by atoms with Crippen LogP contribution in [0.3, 0.4) is 0 Å². The molecule has 0 bridgehead atoms. The molecule has 1 aromatic rings. The molecule has 3 nitrogen and oxygen atoms in total. The summed E-state index contributed by atoms with van der Waals surface area (Å²) < 4.78 is 0.971. The van der Waals surface area contributed by atoms with Gasteiger partial charge < -0.3 is 10.8 Å². The van der Waals surface area contributed by atoms with E-state index in [0.717, 1.165) is 10.2 Å². The topological polar surface area (TPSA) is 63.3 Å². The lowest BCUT2D eigenvalue weighted by atomic mass is 9.96. The van der Waals surface area contributed by atoms with Crippen LogP contribution < -0.4 is 5.73 Å². The van der Waals surface area contributed by atoms with Crippen molar-refractivity contribution in [3.05, 3.63) is 33.8 Å². The van der Waals surface area contributed by atoms with E-state index in [1.807, 2.05) is 30.0 Å². The van der Waals surface area contributed by atoms with Crippen LogP contribution in [0, 0.1) is 0 Å².